The van der Waals surface area contributed by atoms with Crippen molar-refractivity contribution in [3.63, 3.8) is 0 Å². The smallest absolute Gasteiger partial charge is 0.145 e. The highest BCUT2D eigenvalue weighted by Gasteiger charge is 2.13. The molecule has 4 nitrogen and oxygen atoms in total. The third kappa shape index (κ3) is 0.878. The maximum absolute atomic E-state index is 5.06. The molecule has 0 amide bonds. The van der Waals surface area contributed by atoms with Crippen molar-refractivity contribution in [1.29, 1.82) is 0 Å². The lowest BCUT2D eigenvalue weighted by Crippen LogP contribution is -2.04. The standard InChI is InChI=1S/C10H9N3O/c1-13-10-8(4-11-13)3-2-7-5-12-14-6-9(7)10/h2-5H,6H2,1H3. The van der Waals surface area contributed by atoms with E-state index in [0.717, 1.165) is 22.0 Å². The van der Waals surface area contributed by atoms with Crippen molar-refractivity contribution in [2.24, 2.45) is 12.2 Å². The highest BCUT2D eigenvalue weighted by molar-refractivity contribution is 5.92. The van der Waals surface area contributed by atoms with E-state index in [9.17, 15) is 0 Å². The van der Waals surface area contributed by atoms with Gasteiger partial charge in [-0.3, -0.25) is 4.68 Å². The van der Waals surface area contributed by atoms with Crippen molar-refractivity contribution in [2.45, 2.75) is 6.61 Å². The van der Waals surface area contributed by atoms with Crippen LogP contribution in [0, 0.1) is 0 Å². The molecule has 0 aliphatic carbocycles. The molecule has 0 fully saturated rings. The summed E-state index contributed by atoms with van der Waals surface area (Å²) in [5.41, 5.74) is 3.42. The summed E-state index contributed by atoms with van der Waals surface area (Å²) in [6.07, 6.45) is 3.60. The molecule has 0 unspecified atom stereocenters. The predicted octanol–water partition coefficient (Wildman–Crippen LogP) is 1.44. The first-order valence-electron chi connectivity index (χ1n) is 4.45. The first kappa shape index (κ1) is 7.55. The molecule has 1 aliphatic heterocycles. The van der Waals surface area contributed by atoms with Crippen molar-refractivity contribution in [3.8, 4) is 0 Å². The van der Waals surface area contributed by atoms with Crippen LogP contribution in [0.2, 0.25) is 0 Å². The Labute approximate surface area is 80.8 Å². The summed E-state index contributed by atoms with van der Waals surface area (Å²) < 4.78 is 1.87. The quantitative estimate of drug-likeness (QED) is 0.626. The molecule has 0 atom stereocenters. The van der Waals surface area contributed by atoms with E-state index in [2.05, 4.69) is 16.3 Å². The minimum absolute atomic E-state index is 0.530. The van der Waals surface area contributed by atoms with Crippen LogP contribution >= 0.6 is 0 Å². The Kier molecular flexibility index (Phi) is 1.39. The Hall–Kier alpha value is -1.84. The van der Waals surface area contributed by atoms with E-state index >= 15 is 0 Å². The normalized spacial score (nSPS) is 14.1. The predicted molar refractivity (Wildman–Crippen MR) is 53.1 cm³/mol. The van der Waals surface area contributed by atoms with Gasteiger partial charge in [0.25, 0.3) is 0 Å². The van der Waals surface area contributed by atoms with E-state index in [1.165, 1.54) is 0 Å². The van der Waals surface area contributed by atoms with Crippen LogP contribution in [-0.4, -0.2) is 16.0 Å². The summed E-state index contributed by atoms with van der Waals surface area (Å²) in [5, 5.41) is 9.15. The van der Waals surface area contributed by atoms with Gasteiger partial charge in [-0.1, -0.05) is 17.3 Å². The minimum atomic E-state index is 0.530. The third-order valence-electron chi connectivity index (χ3n) is 2.52. The largest absolute Gasteiger partial charge is 0.391 e. The number of hydrogen-bond donors (Lipinski definition) is 0. The molecule has 2 aromatic rings. The molecule has 0 saturated heterocycles. The number of hydrogen-bond acceptors (Lipinski definition) is 3. The molecular weight excluding hydrogens is 178 g/mol. The first-order valence-corrected chi connectivity index (χ1v) is 4.45. The van der Waals surface area contributed by atoms with Crippen molar-refractivity contribution in [2.75, 3.05) is 0 Å². The van der Waals surface area contributed by atoms with Gasteiger partial charge in [0.2, 0.25) is 0 Å². The first-order chi connectivity index (χ1) is 6.86. The SMILES string of the molecule is Cn1ncc2ccc3c(c21)CON=C3. The van der Waals surface area contributed by atoms with E-state index in [1.54, 1.807) is 6.21 Å². The van der Waals surface area contributed by atoms with Crippen molar-refractivity contribution in [3.05, 3.63) is 29.5 Å². The molecule has 0 N–H and O–H groups in total. The Morgan fingerprint density at radius 1 is 1.43 bits per heavy atom. The topological polar surface area (TPSA) is 39.4 Å². The third-order valence-corrected chi connectivity index (χ3v) is 2.52. The fraction of sp³-hybridized carbons (Fsp3) is 0.200. The monoisotopic (exact) mass is 187 g/mol. The highest BCUT2D eigenvalue weighted by Crippen LogP contribution is 2.23. The van der Waals surface area contributed by atoms with Gasteiger partial charge in [-0.2, -0.15) is 5.10 Å². The summed E-state index contributed by atoms with van der Waals surface area (Å²) >= 11 is 0. The van der Waals surface area contributed by atoms with Crippen molar-refractivity contribution < 1.29 is 4.84 Å². The van der Waals surface area contributed by atoms with E-state index < -0.39 is 0 Å². The van der Waals surface area contributed by atoms with Gasteiger partial charge in [-0.15, -0.1) is 0 Å². The zero-order valence-corrected chi connectivity index (χ0v) is 7.77. The Balaban J connectivity index is 2.44. The highest BCUT2D eigenvalue weighted by atomic mass is 16.6. The Morgan fingerprint density at radius 2 is 2.36 bits per heavy atom. The minimum Gasteiger partial charge on any atom is -0.391 e. The van der Waals surface area contributed by atoms with Gasteiger partial charge in [-0.05, 0) is 0 Å². The van der Waals surface area contributed by atoms with Gasteiger partial charge >= 0.3 is 0 Å². The summed E-state index contributed by atoms with van der Waals surface area (Å²) in [5.74, 6) is 0. The molecule has 14 heavy (non-hydrogen) atoms. The van der Waals surface area contributed by atoms with Crippen molar-refractivity contribution >= 4 is 17.1 Å². The van der Waals surface area contributed by atoms with Gasteiger partial charge in [0, 0.05) is 23.6 Å². The van der Waals surface area contributed by atoms with Crippen LogP contribution in [0.4, 0.5) is 0 Å². The number of aryl methyl sites for hydroxylation is 1. The molecule has 3 rings (SSSR count). The van der Waals surface area contributed by atoms with Crippen LogP contribution in [0.3, 0.4) is 0 Å². The van der Waals surface area contributed by atoms with Gasteiger partial charge in [0.1, 0.15) is 6.61 Å². The Morgan fingerprint density at radius 3 is 3.29 bits per heavy atom. The lowest BCUT2D eigenvalue weighted by atomic mass is 10.1. The molecule has 0 saturated carbocycles. The molecular formula is C10H9N3O. The van der Waals surface area contributed by atoms with Gasteiger partial charge in [0.05, 0.1) is 17.9 Å². The summed E-state index contributed by atoms with van der Waals surface area (Å²) in [7, 11) is 1.94. The number of oxime groups is 1. The molecule has 70 valence electrons. The number of aromatic nitrogens is 2. The van der Waals surface area contributed by atoms with Gasteiger partial charge < -0.3 is 4.84 Å². The molecule has 1 aromatic heterocycles. The molecule has 0 spiro atoms. The maximum atomic E-state index is 5.06. The second-order valence-electron chi connectivity index (χ2n) is 3.35. The van der Waals surface area contributed by atoms with Crippen LogP contribution in [-0.2, 0) is 18.5 Å². The maximum Gasteiger partial charge on any atom is 0.145 e. The molecule has 0 radical (unpaired) electrons. The van der Waals surface area contributed by atoms with Crippen LogP contribution in [0.25, 0.3) is 10.9 Å². The molecule has 1 aromatic carbocycles. The van der Waals surface area contributed by atoms with Gasteiger partial charge in [-0.25, -0.2) is 0 Å². The summed E-state index contributed by atoms with van der Waals surface area (Å²) in [6.45, 7) is 0.530. The number of benzene rings is 1. The number of nitrogens with zero attached hydrogens (tertiary/aromatic N) is 3. The van der Waals surface area contributed by atoms with Gasteiger partial charge in [0.15, 0.2) is 0 Å². The molecule has 1 aliphatic rings. The van der Waals surface area contributed by atoms with Crippen LogP contribution in [0.1, 0.15) is 11.1 Å². The second-order valence-corrected chi connectivity index (χ2v) is 3.35. The average molecular weight is 187 g/mol. The average Bonchev–Trinajstić information content (AvgIpc) is 2.61. The molecule has 2 heterocycles. The van der Waals surface area contributed by atoms with Crippen LogP contribution in [0.5, 0.6) is 0 Å². The lowest BCUT2D eigenvalue weighted by Gasteiger charge is -2.11. The molecule has 4 heteroatoms. The lowest BCUT2D eigenvalue weighted by molar-refractivity contribution is 0.128. The van der Waals surface area contributed by atoms with Crippen molar-refractivity contribution in [1.82, 2.24) is 9.78 Å². The number of rotatable bonds is 0. The van der Waals surface area contributed by atoms with Crippen LogP contribution in [0.15, 0.2) is 23.5 Å². The van der Waals surface area contributed by atoms with E-state index in [0.29, 0.717) is 6.61 Å². The fourth-order valence-electron chi connectivity index (χ4n) is 1.83. The second kappa shape index (κ2) is 2.57. The number of fused-ring (bicyclic) bond motifs is 3. The van der Waals surface area contributed by atoms with E-state index in [1.807, 2.05) is 24.0 Å². The molecule has 0 bridgehead atoms. The fourth-order valence-corrected chi connectivity index (χ4v) is 1.83. The zero-order valence-electron chi connectivity index (χ0n) is 7.77. The Bertz CT molecular complexity index is 527. The zero-order chi connectivity index (χ0) is 9.54. The van der Waals surface area contributed by atoms with Crippen LogP contribution < -0.4 is 0 Å². The summed E-state index contributed by atoms with van der Waals surface area (Å²) in [4.78, 5) is 5.06. The van der Waals surface area contributed by atoms with E-state index in [-0.39, 0.29) is 0 Å². The summed E-state index contributed by atoms with van der Waals surface area (Å²) in [6, 6.07) is 4.10. The van der Waals surface area contributed by atoms with E-state index in [4.69, 9.17) is 4.84 Å².